The van der Waals surface area contributed by atoms with Crippen molar-refractivity contribution in [1.82, 2.24) is 4.90 Å². The zero-order valence-corrected chi connectivity index (χ0v) is 10.2. The third-order valence-electron chi connectivity index (χ3n) is 2.79. The third kappa shape index (κ3) is 5.95. The first-order chi connectivity index (χ1) is 7.83. The second-order valence-corrected chi connectivity index (χ2v) is 4.20. The number of hydrogen-bond acceptors (Lipinski definition) is 4. The fourth-order valence-electron chi connectivity index (χ4n) is 1.78. The second kappa shape index (κ2) is 8.39. The van der Waals surface area contributed by atoms with Crippen LogP contribution in [0.5, 0.6) is 0 Å². The van der Waals surface area contributed by atoms with E-state index in [4.69, 9.17) is 9.47 Å². The van der Waals surface area contributed by atoms with Crippen LogP contribution in [0.3, 0.4) is 0 Å². The second-order valence-electron chi connectivity index (χ2n) is 4.20. The summed E-state index contributed by atoms with van der Waals surface area (Å²) in [5, 5.41) is 0. The van der Waals surface area contributed by atoms with Crippen molar-refractivity contribution in [2.45, 2.75) is 39.0 Å². The highest BCUT2D eigenvalue weighted by molar-refractivity contribution is 5.59. The number of likely N-dealkylation sites (tertiary alicyclic amines) is 1. The molecule has 94 valence electrons. The molecule has 1 saturated heterocycles. The summed E-state index contributed by atoms with van der Waals surface area (Å²) < 4.78 is 9.88. The lowest BCUT2D eigenvalue weighted by Gasteiger charge is -2.25. The molecule has 1 aliphatic heterocycles. The number of carbonyl (C=O) groups excluding carboxylic acids is 1. The number of piperidine rings is 1. The summed E-state index contributed by atoms with van der Waals surface area (Å²) in [5.41, 5.74) is 0. The van der Waals surface area contributed by atoms with Crippen LogP contribution in [-0.4, -0.2) is 43.9 Å². The molecule has 4 nitrogen and oxygen atoms in total. The monoisotopic (exact) mass is 229 g/mol. The molecule has 0 aromatic rings. The van der Waals surface area contributed by atoms with Gasteiger partial charge in [-0.3, -0.25) is 4.90 Å². The van der Waals surface area contributed by atoms with E-state index >= 15 is 0 Å². The molecule has 0 N–H and O–H groups in total. The number of hydrogen-bond donors (Lipinski definition) is 0. The molecule has 0 radical (unpaired) electrons. The van der Waals surface area contributed by atoms with E-state index in [2.05, 4.69) is 11.8 Å². The van der Waals surface area contributed by atoms with E-state index < -0.39 is 6.16 Å². The van der Waals surface area contributed by atoms with Gasteiger partial charge in [0.2, 0.25) is 0 Å². The van der Waals surface area contributed by atoms with Gasteiger partial charge in [-0.15, -0.1) is 0 Å². The summed E-state index contributed by atoms with van der Waals surface area (Å²) in [7, 11) is 0. The van der Waals surface area contributed by atoms with Crippen LogP contribution in [0.1, 0.15) is 39.0 Å². The molecular formula is C12H23NO3. The first-order valence-electron chi connectivity index (χ1n) is 6.35. The summed E-state index contributed by atoms with van der Waals surface area (Å²) in [6, 6.07) is 0. The molecular weight excluding hydrogens is 206 g/mol. The SMILES string of the molecule is CCCCOC(=O)OCCN1CCCCC1. The molecule has 16 heavy (non-hydrogen) atoms. The molecule has 4 heteroatoms. The van der Waals surface area contributed by atoms with Gasteiger partial charge in [0.05, 0.1) is 6.61 Å². The summed E-state index contributed by atoms with van der Waals surface area (Å²) in [5.74, 6) is 0. The van der Waals surface area contributed by atoms with Gasteiger partial charge in [-0.1, -0.05) is 19.8 Å². The topological polar surface area (TPSA) is 38.8 Å². The Balaban J connectivity index is 1.94. The smallest absolute Gasteiger partial charge is 0.434 e. The lowest BCUT2D eigenvalue weighted by Crippen LogP contribution is -2.33. The van der Waals surface area contributed by atoms with Crippen LogP contribution < -0.4 is 0 Å². The predicted molar refractivity (Wildman–Crippen MR) is 62.5 cm³/mol. The first kappa shape index (κ1) is 13.3. The van der Waals surface area contributed by atoms with Crippen LogP contribution in [0.2, 0.25) is 0 Å². The van der Waals surface area contributed by atoms with Gasteiger partial charge in [-0.05, 0) is 32.4 Å². The third-order valence-corrected chi connectivity index (χ3v) is 2.79. The molecule has 1 aliphatic rings. The van der Waals surface area contributed by atoms with Gasteiger partial charge in [0.15, 0.2) is 0 Å². The molecule has 0 bridgehead atoms. The minimum absolute atomic E-state index is 0.449. The van der Waals surface area contributed by atoms with E-state index in [-0.39, 0.29) is 0 Å². The van der Waals surface area contributed by atoms with Crippen LogP contribution in [0.25, 0.3) is 0 Å². The Kier molecular flexibility index (Phi) is 6.97. The molecule has 0 saturated carbocycles. The number of carbonyl (C=O) groups is 1. The Labute approximate surface area is 97.9 Å². The van der Waals surface area contributed by atoms with Crippen molar-refractivity contribution in [2.75, 3.05) is 32.8 Å². The van der Waals surface area contributed by atoms with Gasteiger partial charge in [0, 0.05) is 6.54 Å². The van der Waals surface area contributed by atoms with Crippen molar-refractivity contribution in [2.24, 2.45) is 0 Å². The van der Waals surface area contributed by atoms with E-state index in [1.165, 1.54) is 19.3 Å². The molecule has 1 heterocycles. The Hall–Kier alpha value is -0.770. The molecule has 0 aliphatic carbocycles. The highest BCUT2D eigenvalue weighted by Gasteiger charge is 2.10. The average Bonchev–Trinajstić information content (AvgIpc) is 2.31. The van der Waals surface area contributed by atoms with E-state index in [9.17, 15) is 4.79 Å². The molecule has 0 aromatic heterocycles. The Morgan fingerprint density at radius 2 is 1.81 bits per heavy atom. The van der Waals surface area contributed by atoms with Gasteiger partial charge < -0.3 is 9.47 Å². The van der Waals surface area contributed by atoms with Crippen LogP contribution in [0, 0.1) is 0 Å². The molecule has 0 aromatic carbocycles. The minimum atomic E-state index is -0.523. The van der Waals surface area contributed by atoms with Crippen LogP contribution in [0.4, 0.5) is 4.79 Å². The maximum Gasteiger partial charge on any atom is 0.508 e. The van der Waals surface area contributed by atoms with Gasteiger partial charge in [0.25, 0.3) is 0 Å². The fourth-order valence-corrected chi connectivity index (χ4v) is 1.78. The maximum atomic E-state index is 11.1. The van der Waals surface area contributed by atoms with Crippen molar-refractivity contribution < 1.29 is 14.3 Å². The molecule has 0 atom stereocenters. The summed E-state index contributed by atoms with van der Waals surface area (Å²) in [4.78, 5) is 13.4. The standard InChI is InChI=1S/C12H23NO3/c1-2-3-10-15-12(14)16-11-9-13-7-5-4-6-8-13/h2-11H2,1H3. The molecule has 1 rings (SSSR count). The summed E-state index contributed by atoms with van der Waals surface area (Å²) in [6.45, 7) is 6.08. The van der Waals surface area contributed by atoms with Crippen molar-refractivity contribution in [3.63, 3.8) is 0 Å². The largest absolute Gasteiger partial charge is 0.508 e. The fraction of sp³-hybridized carbons (Fsp3) is 0.917. The van der Waals surface area contributed by atoms with E-state index in [1.54, 1.807) is 0 Å². The highest BCUT2D eigenvalue weighted by atomic mass is 16.7. The number of rotatable bonds is 6. The minimum Gasteiger partial charge on any atom is -0.434 e. The van der Waals surface area contributed by atoms with Crippen LogP contribution in [-0.2, 0) is 9.47 Å². The highest BCUT2D eigenvalue weighted by Crippen LogP contribution is 2.07. The van der Waals surface area contributed by atoms with E-state index in [1.807, 2.05) is 0 Å². The van der Waals surface area contributed by atoms with Crippen molar-refractivity contribution >= 4 is 6.16 Å². The van der Waals surface area contributed by atoms with Crippen LogP contribution in [0.15, 0.2) is 0 Å². The summed E-state index contributed by atoms with van der Waals surface area (Å²) in [6.07, 6.45) is 5.27. The zero-order chi connectivity index (χ0) is 11.6. The van der Waals surface area contributed by atoms with Crippen molar-refractivity contribution in [3.05, 3.63) is 0 Å². The van der Waals surface area contributed by atoms with Gasteiger partial charge in [-0.2, -0.15) is 0 Å². The Morgan fingerprint density at radius 3 is 2.50 bits per heavy atom. The molecule has 0 spiro atoms. The number of unbranched alkanes of at least 4 members (excludes halogenated alkanes) is 1. The van der Waals surface area contributed by atoms with Crippen molar-refractivity contribution in [3.8, 4) is 0 Å². The summed E-state index contributed by atoms with van der Waals surface area (Å²) >= 11 is 0. The lowest BCUT2D eigenvalue weighted by molar-refractivity contribution is 0.0456. The van der Waals surface area contributed by atoms with Gasteiger partial charge >= 0.3 is 6.16 Å². The zero-order valence-electron chi connectivity index (χ0n) is 10.2. The molecule has 0 amide bonds. The van der Waals surface area contributed by atoms with Crippen molar-refractivity contribution in [1.29, 1.82) is 0 Å². The van der Waals surface area contributed by atoms with E-state index in [0.29, 0.717) is 13.2 Å². The van der Waals surface area contributed by atoms with Crippen LogP contribution >= 0.6 is 0 Å². The normalized spacial score (nSPS) is 17.1. The quantitative estimate of drug-likeness (QED) is 0.518. The number of ether oxygens (including phenoxy) is 2. The molecule has 1 fully saturated rings. The lowest BCUT2D eigenvalue weighted by atomic mass is 10.1. The van der Waals surface area contributed by atoms with E-state index in [0.717, 1.165) is 32.5 Å². The van der Waals surface area contributed by atoms with Gasteiger partial charge in [0.1, 0.15) is 6.61 Å². The average molecular weight is 229 g/mol. The Bertz CT molecular complexity index is 191. The predicted octanol–water partition coefficient (Wildman–Crippen LogP) is 2.43. The Morgan fingerprint density at radius 1 is 1.12 bits per heavy atom. The van der Waals surface area contributed by atoms with Gasteiger partial charge in [-0.25, -0.2) is 4.79 Å². The first-order valence-corrected chi connectivity index (χ1v) is 6.35. The molecule has 0 unspecified atom stereocenters. The number of nitrogens with zero attached hydrogens (tertiary/aromatic N) is 1. The maximum absolute atomic E-state index is 11.1.